The summed E-state index contributed by atoms with van der Waals surface area (Å²) < 4.78 is 0. The van der Waals surface area contributed by atoms with Crippen molar-refractivity contribution in [1.82, 2.24) is 5.43 Å². The molecule has 11 nitrogen and oxygen atoms in total. The van der Waals surface area contributed by atoms with Gasteiger partial charge in [-0.3, -0.25) is 25.0 Å². The number of carboxylic acid groups (broad SMARTS) is 1. The van der Waals surface area contributed by atoms with E-state index in [0.717, 1.165) is 6.07 Å². The lowest BCUT2D eigenvalue weighted by Gasteiger charge is -2.05. The Hall–Kier alpha value is -4.15. The Labute approximate surface area is 151 Å². The van der Waals surface area contributed by atoms with Crippen LogP contribution in [0.2, 0.25) is 0 Å². The number of para-hydroxylation sites is 1. The number of non-ortho nitro benzene ring substituents is 1. The van der Waals surface area contributed by atoms with Gasteiger partial charge in [0.2, 0.25) is 0 Å². The highest BCUT2D eigenvalue weighted by atomic mass is 16.6. The smallest absolute Gasteiger partial charge is 0.352 e. The number of hydrogen-bond donors (Lipinski definition) is 2. The molecule has 1 amide bonds. The number of benzene rings is 2. The van der Waals surface area contributed by atoms with E-state index in [4.69, 9.17) is 0 Å². The topological polar surface area (TPSA) is 165 Å². The molecule has 27 heavy (non-hydrogen) atoms. The first-order valence-electron chi connectivity index (χ1n) is 7.36. The zero-order chi connectivity index (χ0) is 20.0. The van der Waals surface area contributed by atoms with Crippen molar-refractivity contribution in [2.75, 3.05) is 0 Å². The molecule has 2 rings (SSSR count). The molecule has 0 aliphatic carbocycles. The first-order chi connectivity index (χ1) is 12.8. The van der Waals surface area contributed by atoms with E-state index in [1.165, 1.54) is 42.5 Å². The molecule has 0 radical (unpaired) electrons. The average Bonchev–Trinajstić information content (AvgIpc) is 2.64. The van der Waals surface area contributed by atoms with E-state index >= 15 is 0 Å². The number of nitro groups is 2. The van der Waals surface area contributed by atoms with Crippen LogP contribution >= 0.6 is 0 Å². The summed E-state index contributed by atoms with van der Waals surface area (Å²) in [6.07, 6.45) is -0.401. The standard InChI is InChI=1S/C16H12N4O7/c21-15(11-5-3-6-12(8-11)19(24)25)18-17-13(16(22)23)9-10-4-1-2-7-14(10)20(26)27/h1-8H,9H2,(H,18,21)(H,22,23)/b17-13-. The van der Waals surface area contributed by atoms with Gasteiger partial charge in [-0.05, 0) is 6.07 Å². The third kappa shape index (κ3) is 4.92. The van der Waals surface area contributed by atoms with Gasteiger partial charge in [0.15, 0.2) is 0 Å². The second-order valence-electron chi connectivity index (χ2n) is 5.17. The fourth-order valence-electron chi connectivity index (χ4n) is 2.13. The van der Waals surface area contributed by atoms with Crippen LogP contribution in [0.25, 0.3) is 0 Å². The summed E-state index contributed by atoms with van der Waals surface area (Å²) in [5.41, 5.74) is 0.867. The Kier molecular flexibility index (Phi) is 5.89. The molecular formula is C16H12N4O7. The number of nitrogens with one attached hydrogen (secondary N) is 1. The molecule has 0 spiro atoms. The van der Waals surface area contributed by atoms with Gasteiger partial charge in [0.25, 0.3) is 17.3 Å². The SMILES string of the molecule is O=C(O)/C(Cc1ccccc1[N+](=O)[O-])=N\NC(=O)c1cccc([N+](=O)[O-])c1. The van der Waals surface area contributed by atoms with E-state index in [1.54, 1.807) is 0 Å². The fourth-order valence-corrected chi connectivity index (χ4v) is 2.13. The molecule has 0 aliphatic heterocycles. The van der Waals surface area contributed by atoms with Gasteiger partial charge in [-0.1, -0.05) is 24.3 Å². The van der Waals surface area contributed by atoms with Crippen molar-refractivity contribution in [3.05, 3.63) is 79.9 Å². The van der Waals surface area contributed by atoms with Crippen molar-refractivity contribution in [2.24, 2.45) is 5.10 Å². The molecule has 2 aromatic rings. The van der Waals surface area contributed by atoms with Crippen LogP contribution in [0.1, 0.15) is 15.9 Å². The lowest BCUT2D eigenvalue weighted by molar-refractivity contribution is -0.385. The van der Waals surface area contributed by atoms with E-state index in [9.17, 15) is 34.9 Å². The lowest BCUT2D eigenvalue weighted by Crippen LogP contribution is -2.25. The third-order valence-electron chi connectivity index (χ3n) is 3.40. The van der Waals surface area contributed by atoms with E-state index in [-0.39, 0.29) is 22.5 Å². The first kappa shape index (κ1) is 19.2. The van der Waals surface area contributed by atoms with Gasteiger partial charge in [-0.15, -0.1) is 0 Å². The number of aliphatic carboxylic acids is 1. The van der Waals surface area contributed by atoms with E-state index < -0.39 is 33.9 Å². The summed E-state index contributed by atoms with van der Waals surface area (Å²) in [4.78, 5) is 43.8. The van der Waals surface area contributed by atoms with Crippen LogP contribution in [0, 0.1) is 20.2 Å². The number of amides is 1. The first-order valence-corrected chi connectivity index (χ1v) is 7.36. The number of carboxylic acids is 1. The van der Waals surface area contributed by atoms with Gasteiger partial charge in [-0.25, -0.2) is 10.2 Å². The zero-order valence-electron chi connectivity index (χ0n) is 13.6. The highest BCUT2D eigenvalue weighted by Crippen LogP contribution is 2.18. The largest absolute Gasteiger partial charge is 0.477 e. The molecule has 2 N–H and O–H groups in total. The van der Waals surface area contributed by atoms with Crippen molar-refractivity contribution in [2.45, 2.75) is 6.42 Å². The molecule has 0 aliphatic rings. The van der Waals surface area contributed by atoms with Crippen LogP contribution in [0.5, 0.6) is 0 Å². The molecule has 0 fully saturated rings. The summed E-state index contributed by atoms with van der Waals surface area (Å²) in [5.74, 6) is -2.34. The molecule has 0 saturated heterocycles. The summed E-state index contributed by atoms with van der Waals surface area (Å²) in [6.45, 7) is 0. The molecular weight excluding hydrogens is 360 g/mol. The molecule has 138 valence electrons. The Balaban J connectivity index is 2.23. The van der Waals surface area contributed by atoms with Gasteiger partial charge < -0.3 is 5.11 Å². The van der Waals surface area contributed by atoms with Gasteiger partial charge in [0, 0.05) is 35.7 Å². The van der Waals surface area contributed by atoms with Crippen molar-refractivity contribution in [3.63, 3.8) is 0 Å². The van der Waals surface area contributed by atoms with E-state index in [0.29, 0.717) is 0 Å². The van der Waals surface area contributed by atoms with Gasteiger partial charge in [0.05, 0.1) is 9.85 Å². The molecule has 0 heterocycles. The van der Waals surface area contributed by atoms with E-state index in [1.807, 2.05) is 5.43 Å². The highest BCUT2D eigenvalue weighted by Gasteiger charge is 2.19. The lowest BCUT2D eigenvalue weighted by atomic mass is 10.1. The van der Waals surface area contributed by atoms with Crippen LogP contribution in [-0.4, -0.2) is 32.5 Å². The maximum Gasteiger partial charge on any atom is 0.352 e. The molecule has 0 unspecified atom stereocenters. The van der Waals surface area contributed by atoms with Crippen LogP contribution in [0.15, 0.2) is 53.6 Å². The monoisotopic (exact) mass is 372 g/mol. The Bertz CT molecular complexity index is 955. The quantitative estimate of drug-likeness (QED) is 0.425. The predicted octanol–water partition coefficient (Wildman–Crippen LogP) is 1.92. The number of carbonyl (C=O) groups excluding carboxylic acids is 1. The minimum absolute atomic E-state index is 0.0941. The summed E-state index contributed by atoms with van der Waals surface area (Å²) >= 11 is 0. The maximum atomic E-state index is 12.0. The number of nitro benzene ring substituents is 2. The molecule has 0 atom stereocenters. The third-order valence-corrected chi connectivity index (χ3v) is 3.40. The van der Waals surface area contributed by atoms with Crippen LogP contribution < -0.4 is 5.43 Å². The minimum Gasteiger partial charge on any atom is -0.477 e. The molecule has 0 bridgehead atoms. The Morgan fingerprint density at radius 2 is 1.74 bits per heavy atom. The maximum absolute atomic E-state index is 12.0. The molecule has 0 aromatic heterocycles. The van der Waals surface area contributed by atoms with Gasteiger partial charge in [0.1, 0.15) is 5.71 Å². The number of hydrogen-bond acceptors (Lipinski definition) is 7. The van der Waals surface area contributed by atoms with E-state index in [2.05, 4.69) is 5.10 Å². The van der Waals surface area contributed by atoms with Crippen LogP contribution in [0.4, 0.5) is 11.4 Å². The predicted molar refractivity (Wildman–Crippen MR) is 92.4 cm³/mol. The second-order valence-corrected chi connectivity index (χ2v) is 5.17. The number of rotatable bonds is 7. The van der Waals surface area contributed by atoms with Gasteiger partial charge in [-0.2, -0.15) is 5.10 Å². The molecule has 2 aromatic carbocycles. The summed E-state index contributed by atoms with van der Waals surface area (Å²) in [5, 5.41) is 34.5. The normalized spacial score (nSPS) is 10.9. The fraction of sp³-hybridized carbons (Fsp3) is 0.0625. The molecule has 11 heteroatoms. The number of carbonyl (C=O) groups is 2. The van der Waals surface area contributed by atoms with Gasteiger partial charge >= 0.3 is 5.97 Å². The number of hydrazone groups is 1. The highest BCUT2D eigenvalue weighted by molar-refractivity contribution is 6.36. The zero-order valence-corrected chi connectivity index (χ0v) is 13.6. The van der Waals surface area contributed by atoms with Crippen molar-refractivity contribution in [3.8, 4) is 0 Å². The van der Waals surface area contributed by atoms with Crippen molar-refractivity contribution in [1.29, 1.82) is 0 Å². The summed E-state index contributed by atoms with van der Waals surface area (Å²) in [7, 11) is 0. The molecule has 0 saturated carbocycles. The average molecular weight is 372 g/mol. The van der Waals surface area contributed by atoms with Crippen LogP contribution in [-0.2, 0) is 11.2 Å². The number of nitrogens with zero attached hydrogens (tertiary/aromatic N) is 3. The summed E-state index contributed by atoms with van der Waals surface area (Å²) in [6, 6.07) is 10.3. The van der Waals surface area contributed by atoms with Crippen molar-refractivity contribution < 1.29 is 24.5 Å². The van der Waals surface area contributed by atoms with Crippen molar-refractivity contribution >= 4 is 29.0 Å². The van der Waals surface area contributed by atoms with Crippen LogP contribution in [0.3, 0.4) is 0 Å². The second kappa shape index (κ2) is 8.29. The Morgan fingerprint density at radius 1 is 1.04 bits per heavy atom. The Morgan fingerprint density at radius 3 is 2.37 bits per heavy atom. The minimum atomic E-state index is -1.48.